The van der Waals surface area contributed by atoms with Gasteiger partial charge < -0.3 is 4.90 Å². The van der Waals surface area contributed by atoms with Gasteiger partial charge in [0.05, 0.1) is 0 Å². The van der Waals surface area contributed by atoms with Crippen molar-refractivity contribution in [1.29, 1.82) is 0 Å². The van der Waals surface area contributed by atoms with Crippen molar-refractivity contribution in [2.45, 2.75) is 38.1 Å². The average Bonchev–Trinajstić information content (AvgIpc) is 2.88. The molecule has 2 rings (SSSR count). The van der Waals surface area contributed by atoms with E-state index in [0.29, 0.717) is 6.04 Å². The van der Waals surface area contributed by atoms with Crippen molar-refractivity contribution in [2.24, 2.45) is 9.98 Å². The zero-order chi connectivity index (χ0) is 12.4. The smallest absolute Gasteiger partial charge is 0.219 e. The Morgan fingerprint density at radius 3 is 2.59 bits per heavy atom. The third kappa shape index (κ3) is 2.44. The van der Waals surface area contributed by atoms with Crippen LogP contribution in [0.25, 0.3) is 0 Å². The Morgan fingerprint density at radius 1 is 1.35 bits per heavy atom. The molecule has 0 amide bonds. The van der Waals surface area contributed by atoms with Gasteiger partial charge in [-0.2, -0.15) is 0 Å². The summed E-state index contributed by atoms with van der Waals surface area (Å²) in [5.74, 6) is 0.859. The van der Waals surface area contributed by atoms with Gasteiger partial charge in [-0.15, -0.1) is 0 Å². The Balaban J connectivity index is 2.29. The predicted octanol–water partition coefficient (Wildman–Crippen LogP) is 3.33. The van der Waals surface area contributed by atoms with Crippen LogP contribution < -0.4 is 0 Å². The molecular weight excluding hydrogens is 234 g/mol. The normalized spacial score (nSPS) is 25.4. The largest absolute Gasteiger partial charge is 0.327 e. The molecule has 0 spiro atoms. The summed E-state index contributed by atoms with van der Waals surface area (Å²) in [4.78, 5) is 10.4. The summed E-state index contributed by atoms with van der Waals surface area (Å²) < 4.78 is 0. The number of aliphatic imine (C=N–C) groups is 2. The number of amidine groups is 2. The van der Waals surface area contributed by atoms with Gasteiger partial charge in [-0.05, 0) is 30.0 Å². The second-order valence-electron chi connectivity index (χ2n) is 4.58. The van der Waals surface area contributed by atoms with E-state index in [4.69, 9.17) is 11.6 Å². The van der Waals surface area contributed by atoms with Crippen LogP contribution >= 0.6 is 11.6 Å². The molecule has 1 aliphatic carbocycles. The van der Waals surface area contributed by atoms with Gasteiger partial charge in [-0.3, -0.25) is 4.99 Å². The van der Waals surface area contributed by atoms with Crippen molar-refractivity contribution in [3.05, 3.63) is 24.4 Å². The molecule has 0 unspecified atom stereocenters. The van der Waals surface area contributed by atoms with Crippen molar-refractivity contribution >= 4 is 22.7 Å². The number of hydrogen-bond donors (Lipinski definition) is 0. The van der Waals surface area contributed by atoms with E-state index in [1.54, 1.807) is 7.05 Å². The molecule has 17 heavy (non-hydrogen) atoms. The molecule has 1 saturated heterocycles. The topological polar surface area (TPSA) is 28.0 Å². The third-order valence-electron chi connectivity index (χ3n) is 3.38. The molecule has 4 heteroatoms. The van der Waals surface area contributed by atoms with Crippen LogP contribution in [0.1, 0.15) is 32.1 Å². The van der Waals surface area contributed by atoms with E-state index in [9.17, 15) is 0 Å². The zero-order valence-corrected chi connectivity index (χ0v) is 11.0. The third-order valence-corrected chi connectivity index (χ3v) is 3.63. The Kier molecular flexibility index (Phi) is 3.67. The summed E-state index contributed by atoms with van der Waals surface area (Å²) in [6.45, 7) is 8.16. The van der Waals surface area contributed by atoms with Crippen molar-refractivity contribution in [1.82, 2.24) is 4.90 Å². The van der Waals surface area contributed by atoms with Crippen LogP contribution in [0.15, 0.2) is 34.4 Å². The number of allylic oxidation sites excluding steroid dienone is 1. The SMILES string of the molecule is C=C1CC(=C)N(C2CCCC2)/C1=N/C(Cl)=NC. The summed E-state index contributed by atoms with van der Waals surface area (Å²) >= 11 is 5.90. The van der Waals surface area contributed by atoms with Gasteiger partial charge in [-0.25, -0.2) is 4.99 Å². The maximum Gasteiger partial charge on any atom is 0.219 e. The van der Waals surface area contributed by atoms with Gasteiger partial charge in [0.1, 0.15) is 5.84 Å². The number of likely N-dealkylation sites (tertiary alicyclic amines) is 1. The highest BCUT2D eigenvalue weighted by Gasteiger charge is 2.33. The monoisotopic (exact) mass is 251 g/mol. The molecular formula is C13H18ClN3. The molecule has 0 bridgehead atoms. The van der Waals surface area contributed by atoms with Crippen LogP contribution in [0.2, 0.25) is 0 Å². The summed E-state index contributed by atoms with van der Waals surface area (Å²) in [6, 6.07) is 0.516. The fourth-order valence-electron chi connectivity index (χ4n) is 2.59. The van der Waals surface area contributed by atoms with E-state index in [0.717, 1.165) is 23.5 Å². The van der Waals surface area contributed by atoms with E-state index < -0.39 is 0 Å². The Bertz CT molecular complexity index is 403. The maximum atomic E-state index is 5.90. The molecule has 1 aliphatic heterocycles. The van der Waals surface area contributed by atoms with Crippen LogP contribution in [-0.2, 0) is 0 Å². The zero-order valence-electron chi connectivity index (χ0n) is 10.2. The molecule has 92 valence electrons. The number of hydrogen-bond acceptors (Lipinski definition) is 1. The molecule has 0 radical (unpaired) electrons. The Hall–Kier alpha value is -1.09. The molecule has 2 aliphatic rings. The quantitative estimate of drug-likeness (QED) is 0.399. The molecule has 0 atom stereocenters. The first-order chi connectivity index (χ1) is 8.13. The molecule has 0 aromatic heterocycles. The first kappa shape index (κ1) is 12.4. The van der Waals surface area contributed by atoms with Crippen LogP contribution in [-0.4, -0.2) is 29.1 Å². The van der Waals surface area contributed by atoms with Crippen LogP contribution in [0.4, 0.5) is 0 Å². The minimum absolute atomic E-state index is 0.277. The van der Waals surface area contributed by atoms with Crippen molar-refractivity contribution in [3.63, 3.8) is 0 Å². The molecule has 0 aromatic rings. The second kappa shape index (κ2) is 5.05. The summed E-state index contributed by atoms with van der Waals surface area (Å²) in [5, 5.41) is 0.277. The summed E-state index contributed by atoms with van der Waals surface area (Å²) in [6.07, 6.45) is 5.76. The fourth-order valence-corrected chi connectivity index (χ4v) is 2.67. The van der Waals surface area contributed by atoms with Gasteiger partial charge in [0.15, 0.2) is 0 Å². The Morgan fingerprint density at radius 2 is 2.00 bits per heavy atom. The fraction of sp³-hybridized carbons (Fsp3) is 0.538. The first-order valence-electron chi connectivity index (χ1n) is 5.99. The average molecular weight is 252 g/mol. The van der Waals surface area contributed by atoms with Crippen molar-refractivity contribution in [2.75, 3.05) is 7.05 Å². The summed E-state index contributed by atoms with van der Waals surface area (Å²) in [5.41, 5.74) is 2.07. The minimum Gasteiger partial charge on any atom is -0.327 e. The van der Waals surface area contributed by atoms with E-state index in [1.165, 1.54) is 25.7 Å². The highest BCUT2D eigenvalue weighted by molar-refractivity contribution is 6.65. The molecule has 1 saturated carbocycles. The second-order valence-corrected chi connectivity index (χ2v) is 4.92. The van der Waals surface area contributed by atoms with Crippen molar-refractivity contribution in [3.8, 4) is 0 Å². The minimum atomic E-state index is 0.277. The standard InChI is InChI=1S/C13H18ClN3/c1-9-8-10(2)17(11-6-4-5-7-11)12(9)16-13(14)15-3/h11H,1-2,4-8H2,3H3/b15-13?,16-12+. The lowest BCUT2D eigenvalue weighted by atomic mass is 10.2. The number of rotatable bonds is 1. The molecule has 0 aromatic carbocycles. The predicted molar refractivity (Wildman–Crippen MR) is 73.6 cm³/mol. The maximum absolute atomic E-state index is 5.90. The van der Waals surface area contributed by atoms with Gasteiger partial charge in [0.25, 0.3) is 0 Å². The molecule has 1 heterocycles. The van der Waals surface area contributed by atoms with Gasteiger partial charge in [0, 0.05) is 25.2 Å². The molecule has 0 N–H and O–H groups in total. The van der Waals surface area contributed by atoms with E-state index in [1.807, 2.05) is 0 Å². The first-order valence-corrected chi connectivity index (χ1v) is 6.37. The van der Waals surface area contributed by atoms with Crippen molar-refractivity contribution < 1.29 is 0 Å². The van der Waals surface area contributed by atoms with Crippen LogP contribution in [0, 0.1) is 0 Å². The lowest BCUT2D eigenvalue weighted by molar-refractivity contribution is 0.391. The van der Waals surface area contributed by atoms with Gasteiger partial charge >= 0.3 is 0 Å². The van der Waals surface area contributed by atoms with E-state index >= 15 is 0 Å². The lowest BCUT2D eigenvalue weighted by Gasteiger charge is -2.27. The highest BCUT2D eigenvalue weighted by atomic mass is 35.5. The van der Waals surface area contributed by atoms with E-state index in [-0.39, 0.29) is 5.29 Å². The van der Waals surface area contributed by atoms with Gasteiger partial charge in [-0.1, -0.05) is 26.0 Å². The molecule has 2 fully saturated rings. The lowest BCUT2D eigenvalue weighted by Crippen LogP contribution is -2.33. The van der Waals surface area contributed by atoms with Crippen LogP contribution in [0.3, 0.4) is 0 Å². The van der Waals surface area contributed by atoms with Crippen LogP contribution in [0.5, 0.6) is 0 Å². The summed E-state index contributed by atoms with van der Waals surface area (Å²) in [7, 11) is 1.64. The number of nitrogens with zero attached hydrogens (tertiary/aromatic N) is 3. The molecule has 3 nitrogen and oxygen atoms in total. The number of halogens is 1. The van der Waals surface area contributed by atoms with Gasteiger partial charge in [0.2, 0.25) is 5.29 Å². The highest BCUT2D eigenvalue weighted by Crippen LogP contribution is 2.34. The Labute approximate surface area is 108 Å². The van der Waals surface area contributed by atoms with E-state index in [2.05, 4.69) is 28.0 Å².